The van der Waals surface area contributed by atoms with Crippen LogP contribution in [0.4, 0.5) is 5.69 Å². The Morgan fingerprint density at radius 3 is 2.36 bits per heavy atom. The second kappa shape index (κ2) is 7.08. The maximum atomic E-state index is 12.7. The van der Waals surface area contributed by atoms with E-state index in [9.17, 15) is 9.59 Å². The van der Waals surface area contributed by atoms with Crippen LogP contribution in [0.2, 0.25) is 15.1 Å². The van der Waals surface area contributed by atoms with Crippen molar-refractivity contribution in [2.45, 2.75) is 13.5 Å². The molecule has 1 amide bonds. The number of aromatic nitrogens is 1. The van der Waals surface area contributed by atoms with E-state index < -0.39 is 5.91 Å². The summed E-state index contributed by atoms with van der Waals surface area (Å²) in [4.78, 5) is 25.3. The SMILES string of the molecule is CCn1cc(C(=O)Nc2cc(Cl)cc(Cl)c2)c(=O)c2cc(Cl)ccc21. The Morgan fingerprint density at radius 2 is 1.72 bits per heavy atom. The van der Waals surface area contributed by atoms with Gasteiger partial charge in [-0.25, -0.2) is 0 Å². The van der Waals surface area contributed by atoms with Crippen LogP contribution in [0.1, 0.15) is 17.3 Å². The van der Waals surface area contributed by atoms with E-state index in [4.69, 9.17) is 34.8 Å². The maximum absolute atomic E-state index is 12.7. The van der Waals surface area contributed by atoms with Crippen LogP contribution in [0.3, 0.4) is 0 Å². The number of carbonyl (C=O) groups excluding carboxylic acids is 1. The molecule has 0 atom stereocenters. The summed E-state index contributed by atoms with van der Waals surface area (Å²) in [6.07, 6.45) is 1.54. The molecule has 7 heteroatoms. The number of hydrogen-bond donors (Lipinski definition) is 1. The van der Waals surface area contributed by atoms with Crippen molar-refractivity contribution in [2.24, 2.45) is 0 Å². The summed E-state index contributed by atoms with van der Waals surface area (Å²) < 4.78 is 1.83. The van der Waals surface area contributed by atoms with Crippen LogP contribution in [-0.2, 0) is 6.54 Å². The number of halogens is 3. The standard InChI is InChI=1S/C18H13Cl3N2O2/c1-2-23-9-15(17(24)14-8-10(19)3-4-16(14)23)18(25)22-13-6-11(20)5-12(21)7-13/h3-9H,2H2,1H3,(H,22,25). The molecule has 3 aromatic rings. The highest BCUT2D eigenvalue weighted by Gasteiger charge is 2.16. The molecular weight excluding hydrogens is 383 g/mol. The monoisotopic (exact) mass is 394 g/mol. The summed E-state index contributed by atoms with van der Waals surface area (Å²) in [6.45, 7) is 2.53. The zero-order valence-electron chi connectivity index (χ0n) is 13.1. The van der Waals surface area contributed by atoms with Crippen molar-refractivity contribution in [3.63, 3.8) is 0 Å². The minimum absolute atomic E-state index is 0.0210. The van der Waals surface area contributed by atoms with E-state index in [-0.39, 0.29) is 11.0 Å². The number of pyridine rings is 1. The molecule has 0 aliphatic carbocycles. The summed E-state index contributed by atoms with van der Waals surface area (Å²) >= 11 is 17.9. The summed E-state index contributed by atoms with van der Waals surface area (Å²) in [7, 11) is 0. The molecule has 0 unspecified atom stereocenters. The number of aryl methyl sites for hydroxylation is 1. The van der Waals surface area contributed by atoms with Gasteiger partial charge in [0.2, 0.25) is 5.43 Å². The fourth-order valence-electron chi connectivity index (χ4n) is 2.62. The average Bonchev–Trinajstić information content (AvgIpc) is 2.54. The van der Waals surface area contributed by atoms with Gasteiger partial charge in [-0.15, -0.1) is 0 Å². The third kappa shape index (κ3) is 3.66. The van der Waals surface area contributed by atoms with Gasteiger partial charge in [0.05, 0.1) is 5.52 Å². The van der Waals surface area contributed by atoms with Crippen LogP contribution >= 0.6 is 34.8 Å². The quantitative estimate of drug-likeness (QED) is 0.660. The fourth-order valence-corrected chi connectivity index (χ4v) is 3.32. The van der Waals surface area contributed by atoms with Crippen LogP contribution in [-0.4, -0.2) is 10.5 Å². The van der Waals surface area contributed by atoms with Gasteiger partial charge >= 0.3 is 0 Å². The van der Waals surface area contributed by atoms with Gasteiger partial charge in [-0.2, -0.15) is 0 Å². The lowest BCUT2D eigenvalue weighted by molar-refractivity contribution is 0.102. The molecule has 2 aromatic carbocycles. The highest BCUT2D eigenvalue weighted by atomic mass is 35.5. The predicted molar refractivity (Wildman–Crippen MR) is 103 cm³/mol. The first-order valence-corrected chi connectivity index (χ1v) is 8.62. The Morgan fingerprint density at radius 1 is 1.04 bits per heavy atom. The number of carbonyl (C=O) groups is 1. The van der Waals surface area contributed by atoms with Crippen LogP contribution in [0.15, 0.2) is 47.4 Å². The number of fused-ring (bicyclic) bond motifs is 1. The van der Waals surface area contributed by atoms with Gasteiger partial charge in [0, 0.05) is 38.9 Å². The van der Waals surface area contributed by atoms with Crippen molar-refractivity contribution in [3.8, 4) is 0 Å². The molecule has 1 heterocycles. The third-order valence-electron chi connectivity index (χ3n) is 3.75. The van der Waals surface area contributed by atoms with E-state index in [1.165, 1.54) is 0 Å². The van der Waals surface area contributed by atoms with Gasteiger partial charge in [-0.3, -0.25) is 9.59 Å². The lowest BCUT2D eigenvalue weighted by Gasteiger charge is -2.12. The third-order valence-corrected chi connectivity index (χ3v) is 4.42. The molecule has 128 valence electrons. The summed E-state index contributed by atoms with van der Waals surface area (Å²) in [5.74, 6) is -0.535. The van der Waals surface area contributed by atoms with Gasteiger partial charge in [0.15, 0.2) is 0 Å². The number of amides is 1. The Labute approximate surface area is 158 Å². The first kappa shape index (κ1) is 17.8. The number of rotatable bonds is 3. The molecule has 0 saturated carbocycles. The van der Waals surface area contributed by atoms with Gasteiger partial charge in [-0.05, 0) is 43.3 Å². The first-order chi connectivity index (χ1) is 11.9. The fraction of sp³-hybridized carbons (Fsp3) is 0.111. The van der Waals surface area contributed by atoms with Gasteiger partial charge in [0.1, 0.15) is 5.56 Å². The molecule has 1 aromatic heterocycles. The van der Waals surface area contributed by atoms with Crippen LogP contribution in [0.25, 0.3) is 10.9 Å². The maximum Gasteiger partial charge on any atom is 0.261 e. The number of benzene rings is 2. The second-order valence-electron chi connectivity index (χ2n) is 5.43. The highest BCUT2D eigenvalue weighted by Crippen LogP contribution is 2.23. The van der Waals surface area contributed by atoms with E-state index >= 15 is 0 Å². The molecule has 0 saturated heterocycles. The van der Waals surface area contributed by atoms with Crippen LogP contribution < -0.4 is 10.7 Å². The van der Waals surface area contributed by atoms with Gasteiger partial charge in [0.25, 0.3) is 5.91 Å². The molecular formula is C18H13Cl3N2O2. The predicted octanol–water partition coefficient (Wildman–Crippen LogP) is 5.23. The highest BCUT2D eigenvalue weighted by molar-refractivity contribution is 6.35. The molecule has 0 bridgehead atoms. The largest absolute Gasteiger partial charge is 0.347 e. The lowest BCUT2D eigenvalue weighted by atomic mass is 10.1. The van der Waals surface area contributed by atoms with E-state index in [0.717, 1.165) is 5.52 Å². The normalized spacial score (nSPS) is 10.9. The zero-order chi connectivity index (χ0) is 18.1. The van der Waals surface area contributed by atoms with Crippen molar-refractivity contribution in [1.29, 1.82) is 0 Å². The summed E-state index contributed by atoms with van der Waals surface area (Å²) in [5, 5.41) is 4.26. The summed E-state index contributed by atoms with van der Waals surface area (Å²) in [6, 6.07) is 9.71. The summed E-state index contributed by atoms with van der Waals surface area (Å²) in [5.41, 5.74) is 0.774. The Hall–Kier alpha value is -2.01. The molecule has 3 rings (SSSR count). The van der Waals surface area contributed by atoms with Crippen molar-refractivity contribution in [2.75, 3.05) is 5.32 Å². The van der Waals surface area contributed by atoms with Crippen LogP contribution in [0.5, 0.6) is 0 Å². The first-order valence-electron chi connectivity index (χ1n) is 7.49. The number of anilines is 1. The molecule has 25 heavy (non-hydrogen) atoms. The molecule has 0 aliphatic heterocycles. The van der Waals surface area contributed by atoms with E-state index in [1.807, 2.05) is 11.5 Å². The van der Waals surface area contributed by atoms with E-state index in [0.29, 0.717) is 32.7 Å². The smallest absolute Gasteiger partial charge is 0.261 e. The molecule has 4 nitrogen and oxygen atoms in total. The van der Waals surface area contributed by atoms with E-state index in [2.05, 4.69) is 5.32 Å². The van der Waals surface area contributed by atoms with Crippen molar-refractivity contribution in [3.05, 3.63) is 73.4 Å². The zero-order valence-corrected chi connectivity index (χ0v) is 15.4. The number of nitrogens with zero attached hydrogens (tertiary/aromatic N) is 1. The average molecular weight is 396 g/mol. The Kier molecular flexibility index (Phi) is 5.04. The molecule has 0 fully saturated rings. The van der Waals surface area contributed by atoms with Crippen molar-refractivity contribution in [1.82, 2.24) is 4.57 Å². The van der Waals surface area contributed by atoms with Crippen molar-refractivity contribution >= 4 is 57.3 Å². The van der Waals surface area contributed by atoms with Crippen molar-refractivity contribution < 1.29 is 4.79 Å². The molecule has 0 aliphatic rings. The van der Waals surface area contributed by atoms with Crippen LogP contribution in [0, 0.1) is 0 Å². The minimum Gasteiger partial charge on any atom is -0.347 e. The van der Waals surface area contributed by atoms with E-state index in [1.54, 1.807) is 42.6 Å². The number of hydrogen-bond acceptors (Lipinski definition) is 2. The van der Waals surface area contributed by atoms with Gasteiger partial charge in [-0.1, -0.05) is 34.8 Å². The Bertz CT molecular complexity index is 1020. The second-order valence-corrected chi connectivity index (χ2v) is 6.74. The van der Waals surface area contributed by atoms with Gasteiger partial charge < -0.3 is 9.88 Å². The number of nitrogens with one attached hydrogen (secondary N) is 1. The molecule has 0 radical (unpaired) electrons. The molecule has 1 N–H and O–H groups in total. The minimum atomic E-state index is -0.535. The lowest BCUT2D eigenvalue weighted by Crippen LogP contribution is -2.23. The topological polar surface area (TPSA) is 51.1 Å². The Balaban J connectivity index is 2.09. The molecule has 0 spiro atoms.